The van der Waals surface area contributed by atoms with Crippen LogP contribution in [0, 0.1) is 12.8 Å². The first kappa shape index (κ1) is 14.5. The Balaban J connectivity index is 2.03. The average Bonchev–Trinajstić information content (AvgIpc) is 2.82. The minimum Gasteiger partial charge on any atom is -0.372 e. The van der Waals surface area contributed by atoms with Gasteiger partial charge in [-0.1, -0.05) is 0 Å². The van der Waals surface area contributed by atoms with E-state index in [4.69, 9.17) is 4.74 Å². The molecule has 4 heteroatoms. The lowest BCUT2D eigenvalue weighted by Gasteiger charge is -2.25. The number of hydrogen-bond donors (Lipinski definition) is 1. The van der Waals surface area contributed by atoms with Gasteiger partial charge in [0.2, 0.25) is 0 Å². The number of ether oxygens (including phenoxy) is 1. The van der Waals surface area contributed by atoms with Crippen LogP contribution < -0.4 is 5.32 Å². The molecule has 2 atom stereocenters. The van der Waals surface area contributed by atoms with Crippen molar-refractivity contribution < 1.29 is 4.74 Å². The van der Waals surface area contributed by atoms with Gasteiger partial charge in [-0.2, -0.15) is 0 Å². The molecule has 2 rings (SSSR count). The van der Waals surface area contributed by atoms with Gasteiger partial charge < -0.3 is 10.1 Å². The molecule has 1 saturated heterocycles. The van der Waals surface area contributed by atoms with Crippen LogP contribution in [-0.4, -0.2) is 18.7 Å². The topological polar surface area (TPSA) is 21.3 Å². The molecule has 0 radical (unpaired) electrons. The molecule has 0 aliphatic carbocycles. The molecule has 1 N–H and O–H groups in total. The van der Waals surface area contributed by atoms with Crippen LogP contribution in [0.3, 0.4) is 0 Å². The highest BCUT2D eigenvalue weighted by molar-refractivity contribution is 9.10. The first-order chi connectivity index (χ1) is 8.37. The summed E-state index contributed by atoms with van der Waals surface area (Å²) in [5.74, 6) is 0.592. The second-order valence-corrected chi connectivity index (χ2v) is 8.17. The van der Waals surface area contributed by atoms with Crippen LogP contribution in [0.1, 0.15) is 43.1 Å². The van der Waals surface area contributed by atoms with Crippen LogP contribution in [0.15, 0.2) is 10.5 Å². The second kappa shape index (κ2) is 5.61. The third-order valence-electron chi connectivity index (χ3n) is 3.27. The molecule has 102 valence electrons. The van der Waals surface area contributed by atoms with E-state index in [-0.39, 0.29) is 11.6 Å². The minimum absolute atomic E-state index is 0.180. The van der Waals surface area contributed by atoms with E-state index in [1.165, 1.54) is 14.2 Å². The van der Waals surface area contributed by atoms with Gasteiger partial charge in [-0.3, -0.25) is 0 Å². The first-order valence-electron chi connectivity index (χ1n) is 6.49. The van der Waals surface area contributed by atoms with Gasteiger partial charge in [0.25, 0.3) is 0 Å². The highest BCUT2D eigenvalue weighted by Gasteiger charge is 2.31. The number of halogens is 1. The van der Waals surface area contributed by atoms with Gasteiger partial charge >= 0.3 is 0 Å². The smallest absolute Gasteiger partial charge is 0.0958 e. The Morgan fingerprint density at radius 3 is 2.78 bits per heavy atom. The van der Waals surface area contributed by atoms with Crippen LogP contribution in [0.4, 0.5) is 0 Å². The van der Waals surface area contributed by atoms with Crippen molar-refractivity contribution in [3.05, 3.63) is 20.3 Å². The molecule has 1 aromatic rings. The third-order valence-corrected chi connectivity index (χ3v) is 5.46. The lowest BCUT2D eigenvalue weighted by Crippen LogP contribution is -2.39. The summed E-state index contributed by atoms with van der Waals surface area (Å²) >= 11 is 5.44. The molecule has 0 amide bonds. The highest BCUT2D eigenvalue weighted by atomic mass is 79.9. The zero-order chi connectivity index (χ0) is 13.3. The van der Waals surface area contributed by atoms with Crippen LogP contribution >= 0.6 is 27.3 Å². The molecular formula is C14H22BrNOS. The van der Waals surface area contributed by atoms with E-state index in [9.17, 15) is 0 Å². The summed E-state index contributed by atoms with van der Waals surface area (Å²) in [6.45, 7) is 10.7. The van der Waals surface area contributed by atoms with E-state index in [1.807, 2.05) is 11.3 Å². The predicted octanol–water partition coefficient (Wildman–Crippen LogP) is 4.28. The van der Waals surface area contributed by atoms with E-state index >= 15 is 0 Å². The van der Waals surface area contributed by atoms with Crippen molar-refractivity contribution in [2.75, 3.05) is 13.2 Å². The maximum absolute atomic E-state index is 5.93. The summed E-state index contributed by atoms with van der Waals surface area (Å²) < 4.78 is 7.14. The second-order valence-electron chi connectivity index (χ2n) is 6.02. The molecule has 18 heavy (non-hydrogen) atoms. The Bertz CT molecular complexity index is 391. The number of rotatable bonds is 3. The standard InChI is InChI=1S/C14H22BrNOS/c1-9-11(15)7-12(18-9)13-10(5-6-17-13)8-16-14(2,3)4/h7,10,13,16H,5-6,8H2,1-4H3. The van der Waals surface area contributed by atoms with Gasteiger partial charge in [-0.15, -0.1) is 11.3 Å². The lowest BCUT2D eigenvalue weighted by atomic mass is 9.98. The molecule has 0 aromatic carbocycles. The van der Waals surface area contributed by atoms with E-state index in [1.54, 1.807) is 0 Å². The van der Waals surface area contributed by atoms with Gasteiger partial charge in [0.05, 0.1) is 6.10 Å². The molecule has 0 bridgehead atoms. The molecule has 0 saturated carbocycles. The largest absolute Gasteiger partial charge is 0.372 e. The molecule has 1 fully saturated rings. The zero-order valence-corrected chi connectivity index (χ0v) is 14.0. The normalized spacial score (nSPS) is 24.7. The maximum Gasteiger partial charge on any atom is 0.0958 e. The Hall–Kier alpha value is 0.100. The fourth-order valence-corrected chi connectivity index (χ4v) is 3.92. The summed E-state index contributed by atoms with van der Waals surface area (Å²) in [5.41, 5.74) is 0.180. The van der Waals surface area contributed by atoms with Gasteiger partial charge in [-0.25, -0.2) is 0 Å². The van der Waals surface area contributed by atoms with E-state index in [0.717, 1.165) is 19.6 Å². The fraction of sp³-hybridized carbons (Fsp3) is 0.714. The SMILES string of the molecule is Cc1sc(C2OCCC2CNC(C)(C)C)cc1Br. The van der Waals surface area contributed by atoms with Gasteiger partial charge in [0, 0.05) is 38.8 Å². The highest BCUT2D eigenvalue weighted by Crippen LogP contribution is 2.40. The van der Waals surface area contributed by atoms with Crippen molar-refractivity contribution in [3.8, 4) is 0 Å². The first-order valence-corrected chi connectivity index (χ1v) is 8.10. The predicted molar refractivity (Wildman–Crippen MR) is 81.3 cm³/mol. The Labute approximate surface area is 122 Å². The van der Waals surface area contributed by atoms with Crippen molar-refractivity contribution in [2.45, 2.75) is 45.8 Å². The lowest BCUT2D eigenvalue weighted by molar-refractivity contribution is 0.0917. The van der Waals surface area contributed by atoms with Crippen LogP contribution in [0.2, 0.25) is 0 Å². The van der Waals surface area contributed by atoms with Gasteiger partial charge in [0.1, 0.15) is 0 Å². The number of nitrogens with one attached hydrogen (secondary N) is 1. The Kier molecular flexibility index (Phi) is 4.52. The summed E-state index contributed by atoms with van der Waals surface area (Å²) in [6, 6.07) is 2.22. The van der Waals surface area contributed by atoms with Crippen LogP contribution in [0.5, 0.6) is 0 Å². The molecule has 0 spiro atoms. The molecule has 2 unspecified atom stereocenters. The minimum atomic E-state index is 0.180. The maximum atomic E-state index is 5.93. The quantitative estimate of drug-likeness (QED) is 0.892. The Morgan fingerprint density at radius 2 is 2.22 bits per heavy atom. The van der Waals surface area contributed by atoms with E-state index in [0.29, 0.717) is 5.92 Å². The number of aryl methyl sites for hydroxylation is 1. The fourth-order valence-electron chi connectivity index (χ4n) is 2.22. The van der Waals surface area contributed by atoms with Crippen molar-refractivity contribution in [1.82, 2.24) is 5.32 Å². The molecule has 1 aliphatic rings. The van der Waals surface area contributed by atoms with Crippen molar-refractivity contribution in [2.24, 2.45) is 5.92 Å². The number of hydrogen-bond acceptors (Lipinski definition) is 3. The zero-order valence-electron chi connectivity index (χ0n) is 11.5. The molecule has 1 aromatic heterocycles. The van der Waals surface area contributed by atoms with Gasteiger partial charge in [-0.05, 0) is 56.1 Å². The summed E-state index contributed by atoms with van der Waals surface area (Å²) in [7, 11) is 0. The molecule has 2 heterocycles. The molecule has 2 nitrogen and oxygen atoms in total. The monoisotopic (exact) mass is 331 g/mol. The van der Waals surface area contributed by atoms with Crippen molar-refractivity contribution >= 4 is 27.3 Å². The third kappa shape index (κ3) is 3.56. The van der Waals surface area contributed by atoms with Crippen LogP contribution in [-0.2, 0) is 4.74 Å². The van der Waals surface area contributed by atoms with Crippen molar-refractivity contribution in [3.63, 3.8) is 0 Å². The van der Waals surface area contributed by atoms with Crippen molar-refractivity contribution in [1.29, 1.82) is 0 Å². The summed E-state index contributed by atoms with van der Waals surface area (Å²) in [4.78, 5) is 2.70. The van der Waals surface area contributed by atoms with E-state index in [2.05, 4.69) is 55.0 Å². The number of thiophene rings is 1. The molecule has 1 aliphatic heterocycles. The van der Waals surface area contributed by atoms with Crippen LogP contribution in [0.25, 0.3) is 0 Å². The Morgan fingerprint density at radius 1 is 1.50 bits per heavy atom. The summed E-state index contributed by atoms with van der Waals surface area (Å²) in [5, 5.41) is 3.60. The summed E-state index contributed by atoms with van der Waals surface area (Å²) in [6.07, 6.45) is 1.43. The van der Waals surface area contributed by atoms with Gasteiger partial charge in [0.15, 0.2) is 0 Å². The average molecular weight is 332 g/mol. The molecular weight excluding hydrogens is 310 g/mol. The van der Waals surface area contributed by atoms with E-state index < -0.39 is 0 Å².